The van der Waals surface area contributed by atoms with Crippen molar-refractivity contribution in [2.24, 2.45) is 11.5 Å². The zero-order valence-corrected chi connectivity index (χ0v) is 8.54. The van der Waals surface area contributed by atoms with Gasteiger partial charge in [0.25, 0.3) is 0 Å². The highest BCUT2D eigenvalue weighted by Gasteiger charge is 2.13. The maximum Gasteiger partial charge on any atom is 0.0352 e. The summed E-state index contributed by atoms with van der Waals surface area (Å²) < 4.78 is 0. The lowest BCUT2D eigenvalue weighted by molar-refractivity contribution is 0.554. The quantitative estimate of drug-likeness (QED) is 0.726. The van der Waals surface area contributed by atoms with E-state index in [0.29, 0.717) is 0 Å². The first kappa shape index (κ1) is 10.2. The molecule has 0 fully saturated rings. The van der Waals surface area contributed by atoms with Gasteiger partial charge in [-0.15, -0.1) is 0 Å². The number of benzene rings is 1. The molecule has 2 heteroatoms. The van der Waals surface area contributed by atoms with E-state index in [2.05, 4.69) is 0 Å². The average Bonchev–Trinajstić information content (AvgIpc) is 2.03. The van der Waals surface area contributed by atoms with E-state index >= 15 is 0 Å². The summed E-state index contributed by atoms with van der Waals surface area (Å²) >= 11 is 0. The van der Waals surface area contributed by atoms with Crippen LogP contribution < -0.4 is 11.5 Å². The van der Waals surface area contributed by atoms with Crippen LogP contribution in [-0.4, -0.2) is 0 Å². The van der Waals surface area contributed by atoms with Crippen molar-refractivity contribution in [3.63, 3.8) is 0 Å². The number of rotatable bonds is 2. The fraction of sp³-hybridized carbons (Fsp3) is 0.455. The Labute approximate surface area is 79.9 Å². The molecule has 0 saturated carbocycles. The zero-order valence-electron chi connectivity index (χ0n) is 8.54. The minimum Gasteiger partial charge on any atom is -0.324 e. The van der Waals surface area contributed by atoms with Crippen molar-refractivity contribution in [2.75, 3.05) is 0 Å². The summed E-state index contributed by atoms with van der Waals surface area (Å²) in [5, 5.41) is 0. The minimum absolute atomic E-state index is 0.0925. The van der Waals surface area contributed by atoms with Gasteiger partial charge < -0.3 is 11.5 Å². The fourth-order valence-electron chi connectivity index (χ4n) is 1.22. The van der Waals surface area contributed by atoms with Gasteiger partial charge in [0, 0.05) is 11.6 Å². The van der Waals surface area contributed by atoms with E-state index < -0.39 is 0 Å². The van der Waals surface area contributed by atoms with Gasteiger partial charge in [0.1, 0.15) is 0 Å². The molecule has 1 aromatic carbocycles. The van der Waals surface area contributed by atoms with Crippen LogP contribution in [0.1, 0.15) is 37.9 Å². The molecule has 13 heavy (non-hydrogen) atoms. The van der Waals surface area contributed by atoms with Crippen LogP contribution in [0.5, 0.6) is 0 Å². The standard InChI is InChI=1S/C11H18N2/c1-8(12)9-4-6-10(7-5-9)11(2,3)13/h4-8H,12-13H2,1-3H3/t8-/m1/s1. The summed E-state index contributed by atoms with van der Waals surface area (Å²) in [6.45, 7) is 5.96. The lowest BCUT2D eigenvalue weighted by Gasteiger charge is -2.19. The molecule has 0 aromatic heterocycles. The minimum atomic E-state index is -0.267. The predicted octanol–water partition coefficient (Wildman–Crippen LogP) is 1.90. The highest BCUT2D eigenvalue weighted by atomic mass is 14.7. The maximum absolute atomic E-state index is 5.95. The lowest BCUT2D eigenvalue weighted by atomic mass is 9.94. The molecule has 0 saturated heterocycles. The van der Waals surface area contributed by atoms with Gasteiger partial charge in [-0.05, 0) is 31.9 Å². The highest BCUT2D eigenvalue weighted by Crippen LogP contribution is 2.18. The molecule has 1 aromatic rings. The Morgan fingerprint density at radius 2 is 1.62 bits per heavy atom. The van der Waals surface area contributed by atoms with Crippen molar-refractivity contribution < 1.29 is 0 Å². The van der Waals surface area contributed by atoms with Gasteiger partial charge in [-0.1, -0.05) is 24.3 Å². The molecule has 0 aliphatic heterocycles. The van der Waals surface area contributed by atoms with E-state index in [0.717, 1.165) is 11.1 Å². The van der Waals surface area contributed by atoms with Gasteiger partial charge in [0.2, 0.25) is 0 Å². The van der Waals surface area contributed by atoms with E-state index in [1.54, 1.807) is 0 Å². The molecule has 1 atom stereocenters. The second kappa shape index (κ2) is 3.48. The lowest BCUT2D eigenvalue weighted by Crippen LogP contribution is -2.28. The Kier molecular flexibility index (Phi) is 2.74. The molecule has 0 aliphatic carbocycles. The van der Waals surface area contributed by atoms with Crippen LogP contribution in [-0.2, 0) is 5.54 Å². The Morgan fingerprint density at radius 3 is 1.92 bits per heavy atom. The van der Waals surface area contributed by atoms with E-state index in [9.17, 15) is 0 Å². The molecule has 72 valence electrons. The predicted molar refractivity (Wildman–Crippen MR) is 56.3 cm³/mol. The van der Waals surface area contributed by atoms with E-state index in [-0.39, 0.29) is 11.6 Å². The summed E-state index contributed by atoms with van der Waals surface area (Å²) in [5.41, 5.74) is 13.7. The Hall–Kier alpha value is -0.860. The Bertz CT molecular complexity index is 267. The number of hydrogen-bond acceptors (Lipinski definition) is 2. The fourth-order valence-corrected chi connectivity index (χ4v) is 1.22. The van der Waals surface area contributed by atoms with Crippen LogP contribution in [0.2, 0.25) is 0 Å². The van der Waals surface area contributed by atoms with Gasteiger partial charge in [0.05, 0.1) is 0 Å². The van der Waals surface area contributed by atoms with Gasteiger partial charge in [-0.25, -0.2) is 0 Å². The molecule has 4 N–H and O–H groups in total. The molecule has 0 bridgehead atoms. The second-order valence-electron chi connectivity index (χ2n) is 4.13. The van der Waals surface area contributed by atoms with Crippen molar-refractivity contribution in [1.82, 2.24) is 0 Å². The SMILES string of the molecule is C[C@@H](N)c1ccc(C(C)(C)N)cc1. The largest absolute Gasteiger partial charge is 0.324 e. The summed E-state index contributed by atoms with van der Waals surface area (Å²) in [7, 11) is 0. The normalized spacial score (nSPS) is 14.2. The first-order valence-electron chi connectivity index (χ1n) is 4.56. The average molecular weight is 178 g/mol. The van der Waals surface area contributed by atoms with Gasteiger partial charge in [-0.2, -0.15) is 0 Å². The van der Waals surface area contributed by atoms with Crippen molar-refractivity contribution >= 4 is 0 Å². The van der Waals surface area contributed by atoms with Gasteiger partial charge in [-0.3, -0.25) is 0 Å². The van der Waals surface area contributed by atoms with E-state index in [4.69, 9.17) is 11.5 Å². The van der Waals surface area contributed by atoms with Gasteiger partial charge >= 0.3 is 0 Å². The van der Waals surface area contributed by atoms with Crippen LogP contribution >= 0.6 is 0 Å². The molecule has 0 radical (unpaired) electrons. The van der Waals surface area contributed by atoms with Crippen LogP contribution in [0, 0.1) is 0 Å². The molecular weight excluding hydrogens is 160 g/mol. The monoisotopic (exact) mass is 178 g/mol. The molecule has 0 aliphatic rings. The summed E-state index contributed by atoms with van der Waals surface area (Å²) in [6.07, 6.45) is 0. The Morgan fingerprint density at radius 1 is 1.15 bits per heavy atom. The molecule has 0 amide bonds. The van der Waals surface area contributed by atoms with Crippen molar-refractivity contribution in [1.29, 1.82) is 0 Å². The van der Waals surface area contributed by atoms with Crippen molar-refractivity contribution in [3.8, 4) is 0 Å². The van der Waals surface area contributed by atoms with Crippen molar-refractivity contribution in [3.05, 3.63) is 35.4 Å². The first-order valence-corrected chi connectivity index (χ1v) is 4.56. The highest BCUT2D eigenvalue weighted by molar-refractivity contribution is 5.28. The molecule has 0 unspecified atom stereocenters. The first-order chi connectivity index (χ1) is 5.91. The van der Waals surface area contributed by atoms with E-state index in [1.807, 2.05) is 45.0 Å². The molecular formula is C11H18N2. The third-order valence-corrected chi connectivity index (χ3v) is 2.18. The third-order valence-electron chi connectivity index (χ3n) is 2.18. The smallest absolute Gasteiger partial charge is 0.0352 e. The maximum atomic E-state index is 5.95. The van der Waals surface area contributed by atoms with Crippen LogP contribution in [0.3, 0.4) is 0 Å². The molecule has 2 nitrogen and oxygen atoms in total. The third kappa shape index (κ3) is 2.54. The molecule has 1 rings (SSSR count). The number of hydrogen-bond donors (Lipinski definition) is 2. The topological polar surface area (TPSA) is 52.0 Å². The second-order valence-corrected chi connectivity index (χ2v) is 4.13. The van der Waals surface area contributed by atoms with Crippen LogP contribution in [0.4, 0.5) is 0 Å². The number of nitrogens with two attached hydrogens (primary N) is 2. The molecule has 0 spiro atoms. The Balaban J connectivity index is 2.94. The zero-order chi connectivity index (χ0) is 10.1. The van der Waals surface area contributed by atoms with E-state index in [1.165, 1.54) is 0 Å². The summed E-state index contributed by atoms with van der Waals surface area (Å²) in [5.74, 6) is 0. The van der Waals surface area contributed by atoms with Crippen LogP contribution in [0.25, 0.3) is 0 Å². The van der Waals surface area contributed by atoms with Crippen molar-refractivity contribution in [2.45, 2.75) is 32.4 Å². The van der Waals surface area contributed by atoms with Crippen LogP contribution in [0.15, 0.2) is 24.3 Å². The summed E-state index contributed by atoms with van der Waals surface area (Å²) in [4.78, 5) is 0. The molecule has 0 heterocycles. The summed E-state index contributed by atoms with van der Waals surface area (Å²) in [6, 6.07) is 8.25. The van der Waals surface area contributed by atoms with Gasteiger partial charge in [0.15, 0.2) is 0 Å².